The Balaban J connectivity index is 1.71. The zero-order valence-corrected chi connectivity index (χ0v) is 12.3. The van der Waals surface area contributed by atoms with E-state index in [4.69, 9.17) is 9.15 Å². The summed E-state index contributed by atoms with van der Waals surface area (Å²) in [6.07, 6.45) is -0.456. The van der Waals surface area contributed by atoms with E-state index in [0.29, 0.717) is 17.5 Å². The first-order valence-electron chi connectivity index (χ1n) is 6.42. The van der Waals surface area contributed by atoms with E-state index < -0.39 is 11.0 Å². The van der Waals surface area contributed by atoms with Gasteiger partial charge in [0.15, 0.2) is 6.10 Å². The molecule has 1 aromatic carbocycles. The standard InChI is InChI=1S/C14H11N3O4S/c1-9(20-11-6-4-10(5-7-11)17(18)19)13-15-16-14(21-13)12-3-2-8-22-12/h2-9H,1H3/t9-/m1/s1. The van der Waals surface area contributed by atoms with E-state index in [1.807, 2.05) is 17.5 Å². The quantitative estimate of drug-likeness (QED) is 0.524. The van der Waals surface area contributed by atoms with Gasteiger partial charge in [0.2, 0.25) is 0 Å². The molecule has 0 aliphatic rings. The van der Waals surface area contributed by atoms with Crippen molar-refractivity contribution < 1.29 is 14.1 Å². The van der Waals surface area contributed by atoms with Crippen LogP contribution in [0.3, 0.4) is 0 Å². The summed E-state index contributed by atoms with van der Waals surface area (Å²) < 4.78 is 11.2. The van der Waals surface area contributed by atoms with Crippen molar-refractivity contribution in [1.82, 2.24) is 10.2 Å². The summed E-state index contributed by atoms with van der Waals surface area (Å²) in [5.41, 5.74) is 0.0118. The maximum Gasteiger partial charge on any atom is 0.269 e. The molecule has 3 aromatic rings. The van der Waals surface area contributed by atoms with Crippen molar-refractivity contribution in [3.05, 3.63) is 57.8 Å². The molecular weight excluding hydrogens is 306 g/mol. The molecular formula is C14H11N3O4S. The van der Waals surface area contributed by atoms with Gasteiger partial charge >= 0.3 is 0 Å². The Labute approximate surface area is 129 Å². The predicted octanol–water partition coefficient (Wildman–Crippen LogP) is 3.85. The lowest BCUT2D eigenvalue weighted by Crippen LogP contribution is -2.03. The first kappa shape index (κ1) is 14.2. The molecule has 0 N–H and O–H groups in total. The van der Waals surface area contributed by atoms with Crippen molar-refractivity contribution in [2.24, 2.45) is 0 Å². The molecule has 2 aromatic heterocycles. The van der Waals surface area contributed by atoms with Gasteiger partial charge in [0.05, 0.1) is 9.80 Å². The van der Waals surface area contributed by atoms with Crippen molar-refractivity contribution >= 4 is 17.0 Å². The van der Waals surface area contributed by atoms with Crippen LogP contribution in [0.2, 0.25) is 0 Å². The van der Waals surface area contributed by atoms with E-state index in [2.05, 4.69) is 10.2 Å². The molecule has 22 heavy (non-hydrogen) atoms. The number of non-ortho nitro benzene ring substituents is 1. The minimum Gasteiger partial charge on any atom is -0.481 e. The molecule has 0 unspecified atom stereocenters. The van der Waals surface area contributed by atoms with Crippen molar-refractivity contribution in [3.8, 4) is 16.5 Å². The van der Waals surface area contributed by atoms with E-state index >= 15 is 0 Å². The van der Waals surface area contributed by atoms with Crippen molar-refractivity contribution in [2.75, 3.05) is 0 Å². The van der Waals surface area contributed by atoms with Gasteiger partial charge in [0.1, 0.15) is 5.75 Å². The zero-order valence-electron chi connectivity index (χ0n) is 11.5. The highest BCUT2D eigenvalue weighted by atomic mass is 32.1. The fourth-order valence-electron chi connectivity index (χ4n) is 1.80. The van der Waals surface area contributed by atoms with Crippen LogP contribution in [-0.4, -0.2) is 15.1 Å². The van der Waals surface area contributed by atoms with E-state index in [1.165, 1.54) is 35.6 Å². The molecule has 112 valence electrons. The second-order valence-corrected chi connectivity index (χ2v) is 5.38. The van der Waals surface area contributed by atoms with Crippen LogP contribution >= 0.6 is 11.3 Å². The predicted molar refractivity (Wildman–Crippen MR) is 79.8 cm³/mol. The Morgan fingerprint density at radius 1 is 1.27 bits per heavy atom. The second kappa shape index (κ2) is 5.94. The first-order chi connectivity index (χ1) is 10.6. The van der Waals surface area contributed by atoms with Crippen LogP contribution in [0.25, 0.3) is 10.8 Å². The highest BCUT2D eigenvalue weighted by molar-refractivity contribution is 7.13. The number of nitro benzene ring substituents is 1. The normalized spacial score (nSPS) is 12.0. The fourth-order valence-corrected chi connectivity index (χ4v) is 2.44. The highest BCUT2D eigenvalue weighted by Gasteiger charge is 2.17. The van der Waals surface area contributed by atoms with Crippen molar-refractivity contribution in [3.63, 3.8) is 0 Å². The maximum absolute atomic E-state index is 10.6. The summed E-state index contributed by atoms with van der Waals surface area (Å²) in [7, 11) is 0. The average molecular weight is 317 g/mol. The molecule has 0 aliphatic carbocycles. The van der Waals surface area contributed by atoms with Crippen LogP contribution in [0.4, 0.5) is 5.69 Å². The number of nitro groups is 1. The van der Waals surface area contributed by atoms with Gasteiger partial charge < -0.3 is 9.15 Å². The lowest BCUT2D eigenvalue weighted by Gasteiger charge is -2.10. The van der Waals surface area contributed by atoms with Crippen LogP contribution in [0.1, 0.15) is 18.9 Å². The number of hydrogen-bond acceptors (Lipinski definition) is 7. The monoisotopic (exact) mass is 317 g/mol. The Hall–Kier alpha value is -2.74. The zero-order chi connectivity index (χ0) is 15.5. The Morgan fingerprint density at radius 2 is 2.05 bits per heavy atom. The molecule has 3 rings (SSSR count). The van der Waals surface area contributed by atoms with E-state index in [9.17, 15) is 10.1 Å². The summed E-state index contributed by atoms with van der Waals surface area (Å²) in [5.74, 6) is 1.29. The molecule has 0 spiro atoms. The molecule has 0 fully saturated rings. The number of nitrogens with zero attached hydrogens (tertiary/aromatic N) is 3. The van der Waals surface area contributed by atoms with Gasteiger partial charge in [0.25, 0.3) is 17.5 Å². The topological polar surface area (TPSA) is 91.3 Å². The number of benzene rings is 1. The van der Waals surface area contributed by atoms with Crippen LogP contribution < -0.4 is 4.74 Å². The van der Waals surface area contributed by atoms with Crippen LogP contribution in [0.5, 0.6) is 5.75 Å². The van der Waals surface area contributed by atoms with E-state index in [-0.39, 0.29) is 5.69 Å². The fraction of sp³-hybridized carbons (Fsp3) is 0.143. The smallest absolute Gasteiger partial charge is 0.269 e. The van der Waals surface area contributed by atoms with Crippen molar-refractivity contribution in [2.45, 2.75) is 13.0 Å². The van der Waals surface area contributed by atoms with Gasteiger partial charge in [-0.05, 0) is 30.5 Å². The largest absolute Gasteiger partial charge is 0.481 e. The summed E-state index contributed by atoms with van der Waals surface area (Å²) in [6.45, 7) is 1.77. The third-order valence-corrected chi connectivity index (χ3v) is 3.74. The molecule has 0 amide bonds. The molecule has 0 saturated heterocycles. The summed E-state index contributed by atoms with van der Waals surface area (Å²) in [4.78, 5) is 11.0. The SMILES string of the molecule is C[C@@H](Oc1ccc([N+](=O)[O-])cc1)c1nnc(-c2cccs2)o1. The second-order valence-electron chi connectivity index (χ2n) is 4.43. The molecule has 0 radical (unpaired) electrons. The molecule has 0 saturated carbocycles. The summed E-state index contributed by atoms with van der Waals surface area (Å²) >= 11 is 1.51. The molecule has 2 heterocycles. The van der Waals surface area contributed by atoms with Gasteiger partial charge in [-0.2, -0.15) is 0 Å². The Bertz CT molecular complexity index is 768. The number of rotatable bonds is 5. The minimum atomic E-state index is -0.460. The van der Waals surface area contributed by atoms with E-state index in [0.717, 1.165) is 4.88 Å². The van der Waals surface area contributed by atoms with Gasteiger partial charge in [-0.1, -0.05) is 6.07 Å². The van der Waals surface area contributed by atoms with Crippen molar-refractivity contribution in [1.29, 1.82) is 0 Å². The highest BCUT2D eigenvalue weighted by Crippen LogP contribution is 2.27. The van der Waals surface area contributed by atoms with E-state index in [1.54, 1.807) is 6.92 Å². The number of aromatic nitrogens is 2. The van der Waals surface area contributed by atoms with Gasteiger partial charge in [-0.3, -0.25) is 10.1 Å². The number of thiophene rings is 1. The molecule has 0 aliphatic heterocycles. The summed E-state index contributed by atoms with van der Waals surface area (Å²) in [6, 6.07) is 9.63. The first-order valence-corrected chi connectivity index (χ1v) is 7.30. The number of hydrogen-bond donors (Lipinski definition) is 0. The van der Waals surface area contributed by atoms with Crippen LogP contribution in [0, 0.1) is 10.1 Å². The third-order valence-electron chi connectivity index (χ3n) is 2.88. The lowest BCUT2D eigenvalue weighted by atomic mass is 10.3. The molecule has 0 bridgehead atoms. The minimum absolute atomic E-state index is 0.0118. The molecule has 7 nitrogen and oxygen atoms in total. The molecule has 8 heteroatoms. The van der Waals surface area contributed by atoms with Gasteiger partial charge in [0, 0.05) is 12.1 Å². The Morgan fingerprint density at radius 3 is 2.68 bits per heavy atom. The summed E-state index contributed by atoms with van der Waals surface area (Å²) in [5, 5.41) is 20.5. The lowest BCUT2D eigenvalue weighted by molar-refractivity contribution is -0.384. The molecule has 1 atom stereocenters. The Kier molecular flexibility index (Phi) is 3.84. The number of ether oxygens (including phenoxy) is 1. The average Bonchev–Trinajstić information content (AvgIpc) is 3.19. The maximum atomic E-state index is 10.6. The third kappa shape index (κ3) is 2.96. The van der Waals surface area contributed by atoms with Crippen LogP contribution in [0.15, 0.2) is 46.2 Å². The van der Waals surface area contributed by atoms with Crippen LogP contribution in [-0.2, 0) is 0 Å². The van der Waals surface area contributed by atoms with Gasteiger partial charge in [-0.15, -0.1) is 21.5 Å². The van der Waals surface area contributed by atoms with Gasteiger partial charge in [-0.25, -0.2) is 0 Å².